The third kappa shape index (κ3) is 3.59. The molecular formula is C23H21N3O3S. The molecule has 0 saturated carbocycles. The van der Waals surface area contributed by atoms with Crippen LogP contribution >= 0.6 is 0 Å². The highest BCUT2D eigenvalue weighted by Crippen LogP contribution is 2.40. The summed E-state index contributed by atoms with van der Waals surface area (Å²) in [6.45, 7) is 1.52. The average Bonchev–Trinajstić information content (AvgIpc) is 3.24. The van der Waals surface area contributed by atoms with Crippen LogP contribution in [0.2, 0.25) is 0 Å². The lowest BCUT2D eigenvalue weighted by molar-refractivity contribution is 0.446. The summed E-state index contributed by atoms with van der Waals surface area (Å²) in [5.74, 6) is -0.217. The van der Waals surface area contributed by atoms with E-state index in [1.165, 1.54) is 13.1 Å². The van der Waals surface area contributed by atoms with Gasteiger partial charge < -0.3 is 4.18 Å². The van der Waals surface area contributed by atoms with Gasteiger partial charge in [-0.1, -0.05) is 101 Å². The number of rotatable bonds is 7. The second-order valence-corrected chi connectivity index (χ2v) is 8.60. The first kappa shape index (κ1) is 19.8. The summed E-state index contributed by atoms with van der Waals surface area (Å²) in [6.07, 6.45) is 1.53. The SMILES string of the molecule is CCS(=O)(=O)Oc1cn(C(c2ccccc2)(c2ccccc2)c2ccccc2)nn1. The number of hydrogen-bond donors (Lipinski definition) is 0. The highest BCUT2D eigenvalue weighted by molar-refractivity contribution is 7.87. The van der Waals surface area contributed by atoms with Crippen molar-refractivity contribution in [3.8, 4) is 5.88 Å². The zero-order valence-electron chi connectivity index (χ0n) is 16.4. The molecule has 0 bridgehead atoms. The molecule has 0 amide bonds. The number of benzene rings is 3. The molecule has 0 aliphatic heterocycles. The molecule has 1 heterocycles. The predicted molar refractivity (Wildman–Crippen MR) is 115 cm³/mol. The van der Waals surface area contributed by atoms with Gasteiger partial charge in [-0.2, -0.15) is 8.42 Å². The van der Waals surface area contributed by atoms with Gasteiger partial charge in [0.05, 0.1) is 11.9 Å². The van der Waals surface area contributed by atoms with E-state index in [1.807, 2.05) is 91.0 Å². The molecular weight excluding hydrogens is 398 g/mol. The standard InChI is InChI=1S/C23H21N3O3S/c1-2-30(27,28)29-22-18-26(25-24-22)23(19-12-6-3-7-13-19,20-14-8-4-9-15-20)21-16-10-5-11-17-21/h3-18H,2H2,1H3. The Morgan fingerprint density at radius 2 is 1.23 bits per heavy atom. The quantitative estimate of drug-likeness (QED) is 0.336. The molecule has 0 radical (unpaired) electrons. The minimum atomic E-state index is -3.71. The third-order valence-electron chi connectivity index (χ3n) is 4.96. The molecule has 4 aromatic rings. The van der Waals surface area contributed by atoms with E-state index in [4.69, 9.17) is 4.18 Å². The summed E-state index contributed by atoms with van der Waals surface area (Å²) in [7, 11) is -3.71. The molecule has 0 atom stereocenters. The molecule has 0 aliphatic carbocycles. The molecule has 6 nitrogen and oxygen atoms in total. The monoisotopic (exact) mass is 419 g/mol. The molecule has 0 unspecified atom stereocenters. The molecule has 7 heteroatoms. The first-order valence-electron chi connectivity index (χ1n) is 9.58. The van der Waals surface area contributed by atoms with Crippen molar-refractivity contribution >= 4 is 10.1 Å². The van der Waals surface area contributed by atoms with E-state index >= 15 is 0 Å². The van der Waals surface area contributed by atoms with Crippen LogP contribution in [-0.2, 0) is 15.7 Å². The van der Waals surface area contributed by atoms with Crippen LogP contribution in [0.4, 0.5) is 0 Å². The van der Waals surface area contributed by atoms with E-state index in [-0.39, 0.29) is 11.6 Å². The second-order valence-electron chi connectivity index (χ2n) is 6.74. The summed E-state index contributed by atoms with van der Waals surface area (Å²) >= 11 is 0. The molecule has 4 rings (SSSR count). The van der Waals surface area contributed by atoms with Crippen LogP contribution in [0.1, 0.15) is 23.6 Å². The van der Waals surface area contributed by atoms with Gasteiger partial charge in [-0.3, -0.25) is 0 Å². The largest absolute Gasteiger partial charge is 0.358 e. The summed E-state index contributed by atoms with van der Waals surface area (Å²) < 4.78 is 30.6. The minimum Gasteiger partial charge on any atom is -0.358 e. The first-order chi connectivity index (χ1) is 14.6. The fourth-order valence-corrected chi connectivity index (χ4v) is 4.03. The van der Waals surface area contributed by atoms with Crippen molar-refractivity contribution in [3.05, 3.63) is 114 Å². The van der Waals surface area contributed by atoms with Gasteiger partial charge in [0.1, 0.15) is 5.54 Å². The molecule has 0 aliphatic rings. The van der Waals surface area contributed by atoms with Crippen LogP contribution in [0, 0.1) is 0 Å². The van der Waals surface area contributed by atoms with Crippen molar-refractivity contribution in [2.24, 2.45) is 0 Å². The fraction of sp³-hybridized carbons (Fsp3) is 0.130. The smallest absolute Gasteiger partial charge is 0.310 e. The Morgan fingerprint density at radius 1 is 0.800 bits per heavy atom. The summed E-state index contributed by atoms with van der Waals surface area (Å²) in [5, 5.41) is 8.32. The maximum Gasteiger partial charge on any atom is 0.310 e. The Labute approximate surface area is 175 Å². The van der Waals surface area contributed by atoms with Gasteiger partial charge in [-0.15, -0.1) is 0 Å². The van der Waals surface area contributed by atoms with Crippen LogP contribution < -0.4 is 4.18 Å². The fourth-order valence-electron chi connectivity index (χ4n) is 3.57. The van der Waals surface area contributed by atoms with E-state index in [2.05, 4.69) is 10.3 Å². The van der Waals surface area contributed by atoms with E-state index in [9.17, 15) is 8.42 Å². The van der Waals surface area contributed by atoms with Gasteiger partial charge in [0.15, 0.2) is 0 Å². The van der Waals surface area contributed by atoms with Gasteiger partial charge in [-0.25, -0.2) is 4.68 Å². The lowest BCUT2D eigenvalue weighted by Crippen LogP contribution is -2.38. The van der Waals surface area contributed by atoms with Crippen molar-refractivity contribution in [1.82, 2.24) is 15.0 Å². The van der Waals surface area contributed by atoms with Crippen LogP contribution in [0.15, 0.2) is 97.2 Å². The molecule has 0 fully saturated rings. The van der Waals surface area contributed by atoms with Crippen molar-refractivity contribution in [3.63, 3.8) is 0 Å². The Bertz CT molecular complexity index is 1110. The van der Waals surface area contributed by atoms with Crippen molar-refractivity contribution in [2.45, 2.75) is 12.5 Å². The summed E-state index contributed by atoms with van der Waals surface area (Å²) in [6, 6.07) is 29.8. The van der Waals surface area contributed by atoms with Gasteiger partial charge in [0.25, 0.3) is 5.88 Å². The summed E-state index contributed by atoms with van der Waals surface area (Å²) in [4.78, 5) is 0. The Balaban J connectivity index is 2.00. The van der Waals surface area contributed by atoms with Crippen LogP contribution in [0.5, 0.6) is 5.88 Å². The van der Waals surface area contributed by atoms with Crippen LogP contribution in [0.25, 0.3) is 0 Å². The lowest BCUT2D eigenvalue weighted by atomic mass is 9.77. The first-order valence-corrected chi connectivity index (χ1v) is 11.2. The normalized spacial score (nSPS) is 11.9. The summed E-state index contributed by atoms with van der Waals surface area (Å²) in [5.41, 5.74) is 2.00. The highest BCUT2D eigenvalue weighted by Gasteiger charge is 2.40. The van der Waals surface area contributed by atoms with E-state index < -0.39 is 15.7 Å². The zero-order valence-corrected chi connectivity index (χ0v) is 17.2. The second kappa shape index (κ2) is 8.12. The number of hydrogen-bond acceptors (Lipinski definition) is 5. The van der Waals surface area contributed by atoms with Crippen molar-refractivity contribution in [1.29, 1.82) is 0 Å². The van der Waals surface area contributed by atoms with E-state index in [0.717, 1.165) is 16.7 Å². The van der Waals surface area contributed by atoms with Crippen molar-refractivity contribution in [2.75, 3.05) is 5.75 Å². The molecule has 152 valence electrons. The van der Waals surface area contributed by atoms with Crippen molar-refractivity contribution < 1.29 is 12.6 Å². The molecule has 0 saturated heterocycles. The lowest BCUT2D eigenvalue weighted by Gasteiger charge is -2.35. The topological polar surface area (TPSA) is 74.1 Å². The molecule has 1 aromatic heterocycles. The van der Waals surface area contributed by atoms with E-state index in [1.54, 1.807) is 4.68 Å². The zero-order chi connectivity index (χ0) is 21.0. The van der Waals surface area contributed by atoms with E-state index in [0.29, 0.717) is 0 Å². The maximum atomic E-state index is 11.9. The van der Waals surface area contributed by atoms with Gasteiger partial charge >= 0.3 is 10.1 Å². The third-order valence-corrected chi connectivity index (χ3v) is 6.09. The van der Waals surface area contributed by atoms with Crippen LogP contribution in [0.3, 0.4) is 0 Å². The maximum absolute atomic E-state index is 11.9. The minimum absolute atomic E-state index is 0.0657. The Morgan fingerprint density at radius 3 is 1.63 bits per heavy atom. The Hall–Kier alpha value is -3.45. The predicted octanol–water partition coefficient (Wildman–Crippen LogP) is 3.85. The van der Waals surface area contributed by atoms with Gasteiger partial charge in [0, 0.05) is 0 Å². The van der Waals surface area contributed by atoms with Gasteiger partial charge in [-0.05, 0) is 23.6 Å². The highest BCUT2D eigenvalue weighted by atomic mass is 32.2. The molecule has 0 N–H and O–H groups in total. The number of aromatic nitrogens is 3. The molecule has 0 spiro atoms. The molecule has 3 aromatic carbocycles. The van der Waals surface area contributed by atoms with Gasteiger partial charge in [0.2, 0.25) is 0 Å². The average molecular weight is 420 g/mol. The molecule has 30 heavy (non-hydrogen) atoms. The van der Waals surface area contributed by atoms with Crippen LogP contribution in [-0.4, -0.2) is 29.2 Å². The Kier molecular flexibility index (Phi) is 5.37. The number of nitrogens with zero attached hydrogens (tertiary/aromatic N) is 3.